The molecule has 2 aromatic heterocycles. The summed E-state index contributed by atoms with van der Waals surface area (Å²) in [5.74, 6) is 0.501. The number of aldehydes is 1. The number of rotatable bonds is 5. The standard InChI is InChI=1S/C16H17BrN6O/c1-10-8-22(16-19-21-23(20-16)4-3-18)11(2)15(10)13-5-12(9-24)6-14(17)7-13/h5-9H,3-4,18H2,1-2H3. The summed E-state index contributed by atoms with van der Waals surface area (Å²) in [7, 11) is 0. The van der Waals surface area contributed by atoms with E-state index in [1.807, 2.05) is 36.7 Å². The average Bonchev–Trinajstić information content (AvgIpc) is 3.11. The van der Waals surface area contributed by atoms with Crippen LogP contribution in [0.5, 0.6) is 0 Å². The first-order chi connectivity index (χ1) is 11.5. The SMILES string of the molecule is Cc1cn(-c2nnn(CCN)n2)c(C)c1-c1cc(Br)cc(C=O)c1. The van der Waals surface area contributed by atoms with E-state index in [-0.39, 0.29) is 0 Å². The van der Waals surface area contributed by atoms with Gasteiger partial charge in [0.2, 0.25) is 0 Å². The number of nitrogens with two attached hydrogens (primary N) is 1. The number of carbonyl (C=O) groups excluding carboxylic acids is 1. The Morgan fingerprint density at radius 1 is 1.29 bits per heavy atom. The maximum absolute atomic E-state index is 11.1. The molecule has 124 valence electrons. The van der Waals surface area contributed by atoms with Crippen molar-refractivity contribution < 1.29 is 4.79 Å². The van der Waals surface area contributed by atoms with E-state index in [1.54, 1.807) is 6.07 Å². The number of hydrogen-bond acceptors (Lipinski definition) is 5. The molecule has 0 saturated carbocycles. The first-order valence-corrected chi connectivity index (χ1v) is 8.25. The van der Waals surface area contributed by atoms with Crippen LogP contribution in [0.15, 0.2) is 28.9 Å². The molecule has 1 aromatic carbocycles. The fourth-order valence-electron chi connectivity index (χ4n) is 2.77. The number of hydrogen-bond donors (Lipinski definition) is 1. The first-order valence-electron chi connectivity index (χ1n) is 7.46. The minimum absolute atomic E-state index is 0.456. The molecule has 0 saturated heterocycles. The van der Waals surface area contributed by atoms with Gasteiger partial charge in [0.25, 0.3) is 5.95 Å². The largest absolute Gasteiger partial charge is 0.329 e. The smallest absolute Gasteiger partial charge is 0.274 e. The highest BCUT2D eigenvalue weighted by molar-refractivity contribution is 9.10. The van der Waals surface area contributed by atoms with E-state index >= 15 is 0 Å². The summed E-state index contributed by atoms with van der Waals surface area (Å²) in [5, 5.41) is 12.4. The summed E-state index contributed by atoms with van der Waals surface area (Å²) in [4.78, 5) is 12.6. The van der Waals surface area contributed by atoms with Crippen LogP contribution in [-0.4, -0.2) is 37.6 Å². The summed E-state index contributed by atoms with van der Waals surface area (Å²) in [6.45, 7) is 4.99. The zero-order valence-electron chi connectivity index (χ0n) is 13.4. The van der Waals surface area contributed by atoms with Crippen molar-refractivity contribution in [2.45, 2.75) is 20.4 Å². The number of halogens is 1. The average molecular weight is 389 g/mol. The van der Waals surface area contributed by atoms with Crippen LogP contribution >= 0.6 is 15.9 Å². The Balaban J connectivity index is 2.09. The molecule has 7 nitrogen and oxygen atoms in total. The van der Waals surface area contributed by atoms with E-state index in [1.165, 1.54) is 4.80 Å². The van der Waals surface area contributed by atoms with Gasteiger partial charge in [0.05, 0.1) is 6.54 Å². The van der Waals surface area contributed by atoms with Gasteiger partial charge in [-0.25, -0.2) is 0 Å². The molecule has 0 bridgehead atoms. The third-order valence-corrected chi connectivity index (χ3v) is 4.23. The second kappa shape index (κ2) is 6.66. The van der Waals surface area contributed by atoms with Crippen molar-refractivity contribution in [1.82, 2.24) is 24.8 Å². The zero-order chi connectivity index (χ0) is 17.3. The van der Waals surface area contributed by atoms with E-state index in [9.17, 15) is 4.79 Å². The lowest BCUT2D eigenvalue weighted by Crippen LogP contribution is -2.12. The Morgan fingerprint density at radius 2 is 2.08 bits per heavy atom. The van der Waals surface area contributed by atoms with Gasteiger partial charge < -0.3 is 5.73 Å². The quantitative estimate of drug-likeness (QED) is 0.676. The number of tetrazole rings is 1. The third-order valence-electron chi connectivity index (χ3n) is 3.77. The molecule has 0 fully saturated rings. The molecule has 2 N–H and O–H groups in total. The van der Waals surface area contributed by atoms with Crippen LogP contribution in [0.3, 0.4) is 0 Å². The molecule has 0 amide bonds. The van der Waals surface area contributed by atoms with Crippen molar-refractivity contribution in [3.8, 4) is 17.1 Å². The van der Waals surface area contributed by atoms with Crippen LogP contribution < -0.4 is 5.73 Å². The van der Waals surface area contributed by atoms with E-state index in [0.717, 1.165) is 33.1 Å². The molecule has 2 heterocycles. The number of carbonyl (C=O) groups is 1. The van der Waals surface area contributed by atoms with Crippen molar-refractivity contribution in [2.24, 2.45) is 5.73 Å². The molecular weight excluding hydrogens is 372 g/mol. The van der Waals surface area contributed by atoms with Gasteiger partial charge in [-0.3, -0.25) is 9.36 Å². The van der Waals surface area contributed by atoms with Gasteiger partial charge >= 0.3 is 0 Å². The van der Waals surface area contributed by atoms with Gasteiger partial charge in [0, 0.05) is 34.0 Å². The second-order valence-electron chi connectivity index (χ2n) is 5.51. The van der Waals surface area contributed by atoms with Crippen LogP contribution in [0.2, 0.25) is 0 Å². The molecular formula is C16H17BrN6O. The fourth-order valence-corrected chi connectivity index (χ4v) is 3.28. The Bertz CT molecular complexity index is 898. The van der Waals surface area contributed by atoms with Gasteiger partial charge in [0.1, 0.15) is 6.29 Å². The Hall–Kier alpha value is -2.32. The van der Waals surface area contributed by atoms with Gasteiger partial charge in [0.15, 0.2) is 0 Å². The lowest BCUT2D eigenvalue weighted by molar-refractivity contribution is 0.112. The zero-order valence-corrected chi connectivity index (χ0v) is 15.0. The van der Waals surface area contributed by atoms with Crippen molar-refractivity contribution >= 4 is 22.2 Å². The molecule has 0 unspecified atom stereocenters. The molecule has 0 spiro atoms. The van der Waals surface area contributed by atoms with E-state index in [2.05, 4.69) is 31.3 Å². The molecule has 3 aromatic rings. The third kappa shape index (κ3) is 3.02. The predicted molar refractivity (Wildman–Crippen MR) is 94.2 cm³/mol. The lowest BCUT2D eigenvalue weighted by atomic mass is 10.0. The van der Waals surface area contributed by atoms with Crippen molar-refractivity contribution in [3.63, 3.8) is 0 Å². The number of nitrogens with zero attached hydrogens (tertiary/aromatic N) is 5. The number of benzene rings is 1. The van der Waals surface area contributed by atoms with Crippen LogP contribution in [0.4, 0.5) is 0 Å². The summed E-state index contributed by atoms with van der Waals surface area (Å²) in [5.41, 5.74) is 10.2. The molecule has 24 heavy (non-hydrogen) atoms. The second-order valence-corrected chi connectivity index (χ2v) is 6.42. The molecule has 0 aliphatic carbocycles. The number of aromatic nitrogens is 5. The van der Waals surface area contributed by atoms with E-state index < -0.39 is 0 Å². The topological polar surface area (TPSA) is 91.6 Å². The van der Waals surface area contributed by atoms with E-state index in [4.69, 9.17) is 5.73 Å². The van der Waals surface area contributed by atoms with Crippen LogP contribution in [-0.2, 0) is 6.54 Å². The van der Waals surface area contributed by atoms with Gasteiger partial charge in [-0.05, 0) is 48.4 Å². The van der Waals surface area contributed by atoms with Crippen molar-refractivity contribution in [1.29, 1.82) is 0 Å². The summed E-state index contributed by atoms with van der Waals surface area (Å²) < 4.78 is 2.76. The normalized spacial score (nSPS) is 11.0. The van der Waals surface area contributed by atoms with E-state index in [0.29, 0.717) is 24.6 Å². The summed E-state index contributed by atoms with van der Waals surface area (Å²) in [6.07, 6.45) is 2.81. The lowest BCUT2D eigenvalue weighted by Gasteiger charge is -2.06. The molecule has 0 aliphatic rings. The predicted octanol–water partition coefficient (Wildman–Crippen LogP) is 2.28. The minimum Gasteiger partial charge on any atom is -0.329 e. The molecule has 3 rings (SSSR count). The highest BCUT2D eigenvalue weighted by atomic mass is 79.9. The highest BCUT2D eigenvalue weighted by Gasteiger charge is 2.16. The van der Waals surface area contributed by atoms with Crippen LogP contribution in [0.1, 0.15) is 21.6 Å². The maximum Gasteiger partial charge on any atom is 0.274 e. The molecule has 8 heteroatoms. The van der Waals surface area contributed by atoms with Gasteiger partial charge in [-0.1, -0.05) is 21.0 Å². The van der Waals surface area contributed by atoms with Gasteiger partial charge in [-0.15, -0.1) is 5.10 Å². The Labute approximate surface area is 147 Å². The van der Waals surface area contributed by atoms with Crippen molar-refractivity contribution in [2.75, 3.05) is 6.54 Å². The monoisotopic (exact) mass is 388 g/mol. The Morgan fingerprint density at radius 3 is 2.79 bits per heavy atom. The summed E-state index contributed by atoms with van der Waals surface area (Å²) in [6, 6.07) is 5.65. The highest BCUT2D eigenvalue weighted by Crippen LogP contribution is 2.32. The maximum atomic E-state index is 11.1. The molecule has 0 atom stereocenters. The summed E-state index contributed by atoms with van der Waals surface area (Å²) >= 11 is 3.46. The molecule has 0 radical (unpaired) electrons. The Kier molecular flexibility index (Phi) is 4.59. The van der Waals surface area contributed by atoms with Crippen molar-refractivity contribution in [3.05, 3.63) is 45.7 Å². The number of aryl methyl sites for hydroxylation is 1. The molecule has 0 aliphatic heterocycles. The minimum atomic E-state index is 0.456. The van der Waals surface area contributed by atoms with Gasteiger partial charge in [-0.2, -0.15) is 4.80 Å². The van der Waals surface area contributed by atoms with Crippen LogP contribution in [0, 0.1) is 13.8 Å². The fraction of sp³-hybridized carbons (Fsp3) is 0.250. The first kappa shape index (κ1) is 16.5. The van der Waals surface area contributed by atoms with Crippen LogP contribution in [0.25, 0.3) is 17.1 Å².